The number of ketones is 1. The molecule has 0 spiro atoms. The van der Waals surface area contributed by atoms with Crippen LogP contribution in [-0.2, 0) is 11.2 Å². The van der Waals surface area contributed by atoms with E-state index in [-0.39, 0.29) is 0 Å². The molecular weight excluding hydrogens is 208 g/mol. The number of hydrogen-bond donors (Lipinski definition) is 0. The number of halogens is 1. The highest BCUT2D eigenvalue weighted by Gasteiger charge is 2.00. The van der Waals surface area contributed by atoms with E-state index in [1.807, 2.05) is 25.1 Å². The summed E-state index contributed by atoms with van der Waals surface area (Å²) in [6, 6.07) is 7.83. The Labute approximate surface area is 96.5 Å². The molecule has 0 heterocycles. The van der Waals surface area contributed by atoms with Gasteiger partial charge in [0, 0.05) is 17.9 Å². The number of carbonyl (C=O) groups is 1. The number of benzene rings is 1. The lowest BCUT2D eigenvalue weighted by atomic mass is 10.1. The van der Waals surface area contributed by atoms with E-state index in [0.717, 1.165) is 30.7 Å². The number of aryl methyl sites for hydroxylation is 1. The van der Waals surface area contributed by atoms with Crippen molar-refractivity contribution >= 4 is 17.4 Å². The standard InChI is InChI=1S/C13H17ClO/c1-2-5-13(15)9-4-7-11-6-3-8-12(14)10-11/h3,6,8,10H,2,4-5,7,9H2,1H3. The number of carbonyl (C=O) groups excluding carboxylic acids is 1. The first kappa shape index (κ1) is 12.3. The highest BCUT2D eigenvalue weighted by molar-refractivity contribution is 6.30. The summed E-state index contributed by atoms with van der Waals surface area (Å²) >= 11 is 5.87. The maximum atomic E-state index is 11.3. The number of rotatable bonds is 6. The minimum atomic E-state index is 0.375. The molecule has 0 radical (unpaired) electrons. The van der Waals surface area contributed by atoms with Gasteiger partial charge in [0.15, 0.2) is 0 Å². The van der Waals surface area contributed by atoms with Crippen LogP contribution in [0.1, 0.15) is 38.2 Å². The molecule has 0 aliphatic rings. The monoisotopic (exact) mass is 224 g/mol. The Bertz CT molecular complexity index is 320. The summed E-state index contributed by atoms with van der Waals surface area (Å²) in [6.07, 6.45) is 4.24. The lowest BCUT2D eigenvalue weighted by Gasteiger charge is -2.01. The van der Waals surface area contributed by atoms with Gasteiger partial charge in [-0.15, -0.1) is 0 Å². The minimum absolute atomic E-state index is 0.375. The largest absolute Gasteiger partial charge is 0.300 e. The van der Waals surface area contributed by atoms with Crippen LogP contribution in [0.3, 0.4) is 0 Å². The van der Waals surface area contributed by atoms with Gasteiger partial charge in [-0.3, -0.25) is 4.79 Å². The molecule has 1 aromatic rings. The molecule has 1 rings (SSSR count). The second kappa shape index (κ2) is 6.62. The lowest BCUT2D eigenvalue weighted by Crippen LogP contribution is -1.97. The SMILES string of the molecule is CCCC(=O)CCCc1cccc(Cl)c1. The van der Waals surface area contributed by atoms with Crippen molar-refractivity contribution < 1.29 is 4.79 Å². The van der Waals surface area contributed by atoms with E-state index < -0.39 is 0 Å². The summed E-state index contributed by atoms with van der Waals surface area (Å²) in [6.45, 7) is 2.04. The molecule has 0 saturated heterocycles. The molecule has 0 atom stereocenters. The third-order valence-corrected chi connectivity index (χ3v) is 2.57. The first-order chi connectivity index (χ1) is 7.22. The summed E-state index contributed by atoms with van der Waals surface area (Å²) in [5.74, 6) is 0.375. The van der Waals surface area contributed by atoms with Gasteiger partial charge in [-0.2, -0.15) is 0 Å². The summed E-state index contributed by atoms with van der Waals surface area (Å²) in [4.78, 5) is 11.3. The molecule has 0 aliphatic carbocycles. The minimum Gasteiger partial charge on any atom is -0.300 e. The lowest BCUT2D eigenvalue weighted by molar-refractivity contribution is -0.119. The van der Waals surface area contributed by atoms with E-state index in [0.29, 0.717) is 12.2 Å². The van der Waals surface area contributed by atoms with E-state index in [1.54, 1.807) is 0 Å². The van der Waals surface area contributed by atoms with Crippen LogP contribution in [0.25, 0.3) is 0 Å². The third kappa shape index (κ3) is 4.98. The van der Waals surface area contributed by atoms with E-state index in [9.17, 15) is 4.79 Å². The highest BCUT2D eigenvalue weighted by atomic mass is 35.5. The molecule has 1 aromatic carbocycles. The Morgan fingerprint density at radius 3 is 2.80 bits per heavy atom. The highest BCUT2D eigenvalue weighted by Crippen LogP contribution is 2.13. The molecular formula is C13H17ClO. The van der Waals surface area contributed by atoms with E-state index in [1.165, 1.54) is 5.56 Å². The van der Waals surface area contributed by atoms with Gasteiger partial charge >= 0.3 is 0 Å². The average Bonchev–Trinajstić information content (AvgIpc) is 2.18. The van der Waals surface area contributed by atoms with Crippen LogP contribution in [0.5, 0.6) is 0 Å². The Morgan fingerprint density at radius 2 is 2.13 bits per heavy atom. The maximum absolute atomic E-state index is 11.3. The molecule has 0 fully saturated rings. The normalized spacial score (nSPS) is 10.3. The van der Waals surface area contributed by atoms with Crippen molar-refractivity contribution in [1.29, 1.82) is 0 Å². The molecule has 0 saturated carbocycles. The average molecular weight is 225 g/mol. The van der Waals surface area contributed by atoms with Crippen LogP contribution in [0.15, 0.2) is 24.3 Å². The van der Waals surface area contributed by atoms with Gasteiger partial charge in [0.05, 0.1) is 0 Å². The number of Topliss-reactive ketones (excluding diaryl/α,β-unsaturated/α-hetero) is 1. The van der Waals surface area contributed by atoms with Crippen molar-refractivity contribution in [2.24, 2.45) is 0 Å². The van der Waals surface area contributed by atoms with Gasteiger partial charge in [0.2, 0.25) is 0 Å². The maximum Gasteiger partial charge on any atom is 0.132 e. The van der Waals surface area contributed by atoms with E-state index in [4.69, 9.17) is 11.6 Å². The van der Waals surface area contributed by atoms with Gasteiger partial charge in [-0.25, -0.2) is 0 Å². The third-order valence-electron chi connectivity index (χ3n) is 2.34. The van der Waals surface area contributed by atoms with Crippen molar-refractivity contribution in [3.8, 4) is 0 Å². The Morgan fingerprint density at radius 1 is 1.33 bits per heavy atom. The van der Waals surface area contributed by atoms with Crippen LogP contribution in [0.4, 0.5) is 0 Å². The molecule has 0 amide bonds. The van der Waals surface area contributed by atoms with Crippen molar-refractivity contribution in [1.82, 2.24) is 0 Å². The van der Waals surface area contributed by atoms with Gasteiger partial charge in [0.1, 0.15) is 5.78 Å². The van der Waals surface area contributed by atoms with Crippen LogP contribution >= 0.6 is 11.6 Å². The van der Waals surface area contributed by atoms with Crippen molar-refractivity contribution in [3.63, 3.8) is 0 Å². The molecule has 15 heavy (non-hydrogen) atoms. The van der Waals surface area contributed by atoms with Crippen molar-refractivity contribution in [2.45, 2.75) is 39.0 Å². The van der Waals surface area contributed by atoms with Crippen LogP contribution in [0.2, 0.25) is 5.02 Å². The van der Waals surface area contributed by atoms with Gasteiger partial charge in [-0.05, 0) is 37.0 Å². The Balaban J connectivity index is 2.28. The van der Waals surface area contributed by atoms with Gasteiger partial charge in [0.25, 0.3) is 0 Å². The Hall–Kier alpha value is -0.820. The second-order valence-corrected chi connectivity index (χ2v) is 4.21. The van der Waals surface area contributed by atoms with E-state index in [2.05, 4.69) is 6.07 Å². The quantitative estimate of drug-likeness (QED) is 0.713. The zero-order chi connectivity index (χ0) is 11.1. The first-order valence-electron chi connectivity index (χ1n) is 5.48. The molecule has 82 valence electrons. The molecule has 2 heteroatoms. The number of hydrogen-bond acceptors (Lipinski definition) is 1. The van der Waals surface area contributed by atoms with Crippen molar-refractivity contribution in [2.75, 3.05) is 0 Å². The molecule has 0 N–H and O–H groups in total. The summed E-state index contributed by atoms with van der Waals surface area (Å²) in [5, 5.41) is 0.771. The zero-order valence-corrected chi connectivity index (χ0v) is 9.89. The topological polar surface area (TPSA) is 17.1 Å². The van der Waals surface area contributed by atoms with Gasteiger partial charge in [-0.1, -0.05) is 30.7 Å². The van der Waals surface area contributed by atoms with Gasteiger partial charge < -0.3 is 0 Å². The molecule has 0 aliphatic heterocycles. The fourth-order valence-electron chi connectivity index (χ4n) is 1.59. The van der Waals surface area contributed by atoms with Crippen LogP contribution < -0.4 is 0 Å². The summed E-state index contributed by atoms with van der Waals surface area (Å²) < 4.78 is 0. The first-order valence-corrected chi connectivity index (χ1v) is 5.86. The van der Waals surface area contributed by atoms with E-state index >= 15 is 0 Å². The van der Waals surface area contributed by atoms with Crippen molar-refractivity contribution in [3.05, 3.63) is 34.9 Å². The molecule has 0 unspecified atom stereocenters. The van der Waals surface area contributed by atoms with Crippen LogP contribution in [0, 0.1) is 0 Å². The predicted octanol–water partition coefficient (Wildman–Crippen LogP) is 4.03. The fourth-order valence-corrected chi connectivity index (χ4v) is 1.80. The Kier molecular flexibility index (Phi) is 5.41. The smallest absolute Gasteiger partial charge is 0.132 e. The molecule has 0 bridgehead atoms. The summed E-state index contributed by atoms with van der Waals surface area (Å²) in [7, 11) is 0. The summed E-state index contributed by atoms with van der Waals surface area (Å²) in [5.41, 5.74) is 1.21. The molecule has 0 aromatic heterocycles. The fraction of sp³-hybridized carbons (Fsp3) is 0.462. The predicted molar refractivity (Wildman–Crippen MR) is 64.3 cm³/mol. The second-order valence-electron chi connectivity index (χ2n) is 3.77. The molecule has 1 nitrogen and oxygen atoms in total. The van der Waals surface area contributed by atoms with Crippen LogP contribution in [-0.4, -0.2) is 5.78 Å². The zero-order valence-electron chi connectivity index (χ0n) is 9.13.